The molecule has 0 aliphatic rings. The zero-order valence-electron chi connectivity index (χ0n) is 8.55. The number of benzene rings is 1. The molecule has 0 aromatic heterocycles. The van der Waals surface area contributed by atoms with E-state index in [0.29, 0.717) is 5.02 Å². The molecule has 0 amide bonds. The largest absolute Gasteiger partial charge is 0.481 e. The van der Waals surface area contributed by atoms with Crippen LogP contribution in [0.25, 0.3) is 0 Å². The SMILES string of the molecule is CC(CC(=O)O)S(=O)(=O)c1cccc(Cl)c1. The molecule has 1 unspecified atom stereocenters. The summed E-state index contributed by atoms with van der Waals surface area (Å²) in [7, 11) is -3.62. The van der Waals surface area contributed by atoms with E-state index in [-0.39, 0.29) is 4.90 Å². The summed E-state index contributed by atoms with van der Waals surface area (Å²) in [6, 6.07) is 5.79. The molecule has 0 aliphatic heterocycles. The van der Waals surface area contributed by atoms with Gasteiger partial charge < -0.3 is 5.11 Å². The van der Waals surface area contributed by atoms with Crippen molar-refractivity contribution >= 4 is 27.4 Å². The van der Waals surface area contributed by atoms with E-state index in [0.717, 1.165) is 0 Å². The van der Waals surface area contributed by atoms with Crippen LogP contribution >= 0.6 is 11.6 Å². The molecule has 4 nitrogen and oxygen atoms in total. The predicted molar refractivity (Wildman–Crippen MR) is 60.4 cm³/mol. The Morgan fingerprint density at radius 2 is 2.12 bits per heavy atom. The molecule has 0 saturated carbocycles. The molecule has 88 valence electrons. The summed E-state index contributed by atoms with van der Waals surface area (Å²) in [6.07, 6.45) is -0.422. The Bertz CT molecular complexity index is 495. The summed E-state index contributed by atoms with van der Waals surface area (Å²) in [5, 5.41) is 7.90. The number of carbonyl (C=O) groups is 1. The number of aliphatic carboxylic acids is 1. The average Bonchev–Trinajstić information content (AvgIpc) is 2.16. The Hall–Kier alpha value is -1.07. The molecular formula is C10H11ClO4S. The first-order valence-corrected chi connectivity index (χ1v) is 6.47. The molecule has 0 bridgehead atoms. The summed E-state index contributed by atoms with van der Waals surface area (Å²) in [6.45, 7) is 1.37. The van der Waals surface area contributed by atoms with E-state index in [2.05, 4.69) is 0 Å². The monoisotopic (exact) mass is 262 g/mol. The van der Waals surface area contributed by atoms with E-state index in [1.54, 1.807) is 6.07 Å². The Balaban J connectivity index is 3.07. The quantitative estimate of drug-likeness (QED) is 0.901. The third-order valence-corrected chi connectivity index (χ3v) is 4.49. The lowest BCUT2D eigenvalue weighted by Crippen LogP contribution is -2.21. The minimum Gasteiger partial charge on any atom is -0.481 e. The van der Waals surface area contributed by atoms with Crippen LogP contribution in [0.3, 0.4) is 0 Å². The van der Waals surface area contributed by atoms with Crippen molar-refractivity contribution in [3.8, 4) is 0 Å². The molecule has 1 N–H and O–H groups in total. The standard InChI is InChI=1S/C10H11ClO4S/c1-7(5-10(12)13)16(14,15)9-4-2-3-8(11)6-9/h2-4,6-7H,5H2,1H3,(H,12,13). The normalized spacial score (nSPS) is 13.4. The fraction of sp³-hybridized carbons (Fsp3) is 0.300. The summed E-state index contributed by atoms with van der Waals surface area (Å²) >= 11 is 5.68. The van der Waals surface area contributed by atoms with Gasteiger partial charge in [0.25, 0.3) is 0 Å². The van der Waals surface area contributed by atoms with E-state index in [4.69, 9.17) is 16.7 Å². The van der Waals surface area contributed by atoms with Gasteiger partial charge in [-0.3, -0.25) is 4.79 Å². The molecular weight excluding hydrogens is 252 g/mol. The van der Waals surface area contributed by atoms with Gasteiger partial charge in [0, 0.05) is 5.02 Å². The van der Waals surface area contributed by atoms with Gasteiger partial charge in [0.1, 0.15) is 0 Å². The van der Waals surface area contributed by atoms with Crippen LogP contribution in [-0.2, 0) is 14.6 Å². The topological polar surface area (TPSA) is 71.4 Å². The third kappa shape index (κ3) is 2.96. The highest BCUT2D eigenvalue weighted by Crippen LogP contribution is 2.21. The second-order valence-electron chi connectivity index (χ2n) is 3.41. The molecule has 0 aliphatic carbocycles. The number of hydrogen-bond acceptors (Lipinski definition) is 3. The van der Waals surface area contributed by atoms with Gasteiger partial charge in [0.05, 0.1) is 16.6 Å². The van der Waals surface area contributed by atoms with E-state index in [1.807, 2.05) is 0 Å². The highest BCUT2D eigenvalue weighted by atomic mass is 35.5. The van der Waals surface area contributed by atoms with Crippen LogP contribution in [0.15, 0.2) is 29.2 Å². The molecule has 6 heteroatoms. The van der Waals surface area contributed by atoms with Crippen LogP contribution in [-0.4, -0.2) is 24.7 Å². The van der Waals surface area contributed by atoms with Gasteiger partial charge in [-0.05, 0) is 25.1 Å². The maximum absolute atomic E-state index is 11.9. The van der Waals surface area contributed by atoms with E-state index >= 15 is 0 Å². The summed E-state index contributed by atoms with van der Waals surface area (Å²) in [4.78, 5) is 10.5. The summed E-state index contributed by atoms with van der Waals surface area (Å²) in [5.41, 5.74) is 0. The van der Waals surface area contributed by atoms with Crippen molar-refractivity contribution in [3.05, 3.63) is 29.3 Å². The molecule has 0 saturated heterocycles. The lowest BCUT2D eigenvalue weighted by atomic mass is 10.3. The number of rotatable bonds is 4. The smallest absolute Gasteiger partial charge is 0.304 e. The zero-order chi connectivity index (χ0) is 12.3. The van der Waals surface area contributed by atoms with Crippen LogP contribution in [0.1, 0.15) is 13.3 Å². The van der Waals surface area contributed by atoms with Gasteiger partial charge in [-0.1, -0.05) is 17.7 Å². The van der Waals surface area contributed by atoms with Crippen molar-refractivity contribution < 1.29 is 18.3 Å². The van der Waals surface area contributed by atoms with Crippen LogP contribution in [0.4, 0.5) is 0 Å². The molecule has 1 aromatic carbocycles. The number of halogens is 1. The Labute approximate surface area is 98.8 Å². The van der Waals surface area contributed by atoms with E-state index in [1.165, 1.54) is 25.1 Å². The molecule has 1 aromatic rings. The van der Waals surface area contributed by atoms with Crippen molar-refractivity contribution in [2.24, 2.45) is 0 Å². The first-order valence-electron chi connectivity index (χ1n) is 4.55. The third-order valence-electron chi connectivity index (χ3n) is 2.12. The minimum atomic E-state index is -3.62. The summed E-state index contributed by atoms with van der Waals surface area (Å²) < 4.78 is 23.8. The van der Waals surface area contributed by atoms with E-state index in [9.17, 15) is 13.2 Å². The predicted octanol–water partition coefficient (Wildman–Crippen LogP) is 1.98. The molecule has 1 atom stereocenters. The first kappa shape index (κ1) is 13.0. The Kier molecular flexibility index (Phi) is 3.93. The van der Waals surface area contributed by atoms with Crippen molar-refractivity contribution in [2.75, 3.05) is 0 Å². The lowest BCUT2D eigenvalue weighted by molar-refractivity contribution is -0.136. The first-order chi connectivity index (χ1) is 7.34. The van der Waals surface area contributed by atoms with Crippen molar-refractivity contribution in [1.29, 1.82) is 0 Å². The molecule has 0 fully saturated rings. The summed E-state index contributed by atoms with van der Waals surface area (Å²) in [5.74, 6) is -1.14. The molecule has 0 spiro atoms. The van der Waals surface area contributed by atoms with Crippen LogP contribution in [0.5, 0.6) is 0 Å². The van der Waals surface area contributed by atoms with Crippen LogP contribution in [0.2, 0.25) is 5.02 Å². The lowest BCUT2D eigenvalue weighted by Gasteiger charge is -2.10. The maximum atomic E-state index is 11.9. The molecule has 16 heavy (non-hydrogen) atoms. The second kappa shape index (κ2) is 4.84. The molecule has 0 heterocycles. The van der Waals surface area contributed by atoms with Gasteiger partial charge in [0.15, 0.2) is 9.84 Å². The number of sulfone groups is 1. The van der Waals surface area contributed by atoms with Crippen molar-refractivity contribution in [1.82, 2.24) is 0 Å². The van der Waals surface area contributed by atoms with Gasteiger partial charge in [-0.2, -0.15) is 0 Å². The number of carboxylic acid groups (broad SMARTS) is 1. The average molecular weight is 263 g/mol. The Morgan fingerprint density at radius 1 is 1.50 bits per heavy atom. The van der Waals surface area contributed by atoms with Crippen LogP contribution < -0.4 is 0 Å². The van der Waals surface area contributed by atoms with Crippen LogP contribution in [0, 0.1) is 0 Å². The van der Waals surface area contributed by atoms with Gasteiger partial charge in [-0.25, -0.2) is 8.42 Å². The maximum Gasteiger partial charge on any atom is 0.304 e. The van der Waals surface area contributed by atoms with Crippen molar-refractivity contribution in [3.63, 3.8) is 0 Å². The molecule has 1 rings (SSSR count). The fourth-order valence-corrected chi connectivity index (χ4v) is 2.87. The fourth-order valence-electron chi connectivity index (χ4n) is 1.23. The number of hydrogen-bond donors (Lipinski definition) is 1. The van der Waals surface area contributed by atoms with Gasteiger partial charge in [-0.15, -0.1) is 0 Å². The Morgan fingerprint density at radius 3 is 2.62 bits per heavy atom. The highest BCUT2D eigenvalue weighted by molar-refractivity contribution is 7.92. The van der Waals surface area contributed by atoms with Gasteiger partial charge in [0.2, 0.25) is 0 Å². The number of carboxylic acids is 1. The van der Waals surface area contributed by atoms with Gasteiger partial charge >= 0.3 is 5.97 Å². The highest BCUT2D eigenvalue weighted by Gasteiger charge is 2.25. The van der Waals surface area contributed by atoms with Crippen molar-refractivity contribution in [2.45, 2.75) is 23.5 Å². The van der Waals surface area contributed by atoms with E-state index < -0.39 is 27.5 Å². The zero-order valence-corrected chi connectivity index (χ0v) is 10.1. The molecule has 0 radical (unpaired) electrons. The minimum absolute atomic E-state index is 0.0498. The second-order valence-corrected chi connectivity index (χ2v) is 6.21.